The monoisotopic (exact) mass is 485 g/mol. The summed E-state index contributed by atoms with van der Waals surface area (Å²) < 4.78 is 14.6. The smallest absolute Gasteiger partial charge is 0.194 e. The molecule has 1 atom stereocenters. The number of nitrogens with one attached hydrogen (secondary N) is 1. The highest BCUT2D eigenvalue weighted by Gasteiger charge is 2.54. The standard InChI is InChI=1S/C26H24FN7S/c1-29-19-8-14(27)7-17-16(19)10-21-23(17)24(34-12-22(28)26(13-34)4-5-26)33-25(32-21)35-15-9-20-18(31-11-15)3-2-6-30-20/h2-3,6-9,11,22,29H,4-5,10,12-13,28H2,1H3. The lowest BCUT2D eigenvalue weighted by molar-refractivity contribution is 0.499. The number of hydrogen-bond acceptors (Lipinski definition) is 8. The van der Waals surface area contributed by atoms with Crippen molar-refractivity contribution in [1.29, 1.82) is 0 Å². The van der Waals surface area contributed by atoms with Gasteiger partial charge in [-0.15, -0.1) is 0 Å². The zero-order valence-electron chi connectivity index (χ0n) is 19.3. The van der Waals surface area contributed by atoms with Crippen LogP contribution >= 0.6 is 11.8 Å². The van der Waals surface area contributed by atoms with Crippen LogP contribution in [-0.2, 0) is 6.42 Å². The summed E-state index contributed by atoms with van der Waals surface area (Å²) in [5.41, 5.74) is 13.0. The molecule has 2 aliphatic carbocycles. The third-order valence-electron chi connectivity index (χ3n) is 7.58. The van der Waals surface area contributed by atoms with Crippen molar-refractivity contribution in [3.05, 3.63) is 59.8 Å². The molecule has 0 amide bonds. The lowest BCUT2D eigenvalue weighted by Gasteiger charge is -2.21. The van der Waals surface area contributed by atoms with Crippen LogP contribution in [0, 0.1) is 11.2 Å². The van der Waals surface area contributed by atoms with Gasteiger partial charge in [-0.25, -0.2) is 14.4 Å². The second kappa shape index (κ2) is 7.60. The van der Waals surface area contributed by atoms with Gasteiger partial charge in [-0.1, -0.05) is 0 Å². The number of halogens is 1. The van der Waals surface area contributed by atoms with Crippen molar-refractivity contribution < 1.29 is 4.39 Å². The zero-order chi connectivity index (χ0) is 23.7. The van der Waals surface area contributed by atoms with Gasteiger partial charge in [-0.3, -0.25) is 9.97 Å². The Morgan fingerprint density at radius 1 is 1.17 bits per heavy atom. The molecule has 1 saturated heterocycles. The van der Waals surface area contributed by atoms with Crippen LogP contribution in [0.4, 0.5) is 15.9 Å². The summed E-state index contributed by atoms with van der Waals surface area (Å²) in [5, 5.41) is 3.80. The molecule has 2 fully saturated rings. The number of pyridine rings is 2. The minimum Gasteiger partial charge on any atom is -0.388 e. The molecule has 3 aliphatic rings. The normalized spacial score (nSPS) is 19.3. The molecule has 0 radical (unpaired) electrons. The van der Waals surface area contributed by atoms with E-state index in [1.54, 1.807) is 18.3 Å². The first-order valence-corrected chi connectivity index (χ1v) is 12.7. The predicted octanol–water partition coefficient (Wildman–Crippen LogP) is 4.25. The first-order valence-electron chi connectivity index (χ1n) is 11.8. The Hall–Kier alpha value is -3.30. The van der Waals surface area contributed by atoms with Crippen molar-refractivity contribution in [2.24, 2.45) is 11.1 Å². The Bertz CT molecular complexity index is 1500. The van der Waals surface area contributed by atoms with E-state index in [0.29, 0.717) is 11.6 Å². The molecule has 4 heterocycles. The van der Waals surface area contributed by atoms with Gasteiger partial charge in [0, 0.05) is 66.6 Å². The maximum Gasteiger partial charge on any atom is 0.194 e. The fourth-order valence-electron chi connectivity index (χ4n) is 5.53. The van der Waals surface area contributed by atoms with Crippen LogP contribution in [0.5, 0.6) is 0 Å². The van der Waals surface area contributed by atoms with Gasteiger partial charge in [0.2, 0.25) is 0 Å². The number of fused-ring (bicyclic) bond motifs is 4. The Labute approximate surface area is 206 Å². The van der Waals surface area contributed by atoms with Gasteiger partial charge in [0.1, 0.15) is 11.6 Å². The van der Waals surface area contributed by atoms with E-state index in [4.69, 9.17) is 15.7 Å². The Kier molecular flexibility index (Phi) is 4.56. The second-order valence-corrected chi connectivity index (χ2v) is 10.8. The number of anilines is 2. The lowest BCUT2D eigenvalue weighted by Crippen LogP contribution is -2.30. The molecule has 1 unspecified atom stereocenters. The van der Waals surface area contributed by atoms with E-state index in [2.05, 4.69) is 20.2 Å². The SMILES string of the molecule is CNc1cc(F)cc2c1Cc1nc(Sc3cnc4cccnc4c3)nc(N3CC(N)C4(CC4)C3)c1-2. The number of aromatic nitrogens is 4. The molecule has 0 bridgehead atoms. The van der Waals surface area contributed by atoms with Crippen LogP contribution in [0.15, 0.2) is 52.8 Å². The van der Waals surface area contributed by atoms with Crippen LogP contribution in [0.2, 0.25) is 0 Å². The van der Waals surface area contributed by atoms with Crippen molar-refractivity contribution in [1.82, 2.24) is 19.9 Å². The average molecular weight is 486 g/mol. The van der Waals surface area contributed by atoms with Gasteiger partial charge in [0.15, 0.2) is 5.16 Å². The minimum atomic E-state index is -0.267. The van der Waals surface area contributed by atoms with Gasteiger partial charge in [0.05, 0.1) is 16.7 Å². The molecule has 9 heteroatoms. The molecule has 176 valence electrons. The predicted molar refractivity (Wildman–Crippen MR) is 135 cm³/mol. The van der Waals surface area contributed by atoms with Crippen molar-refractivity contribution in [3.8, 4) is 11.1 Å². The van der Waals surface area contributed by atoms with E-state index < -0.39 is 0 Å². The Balaban J connectivity index is 1.34. The van der Waals surface area contributed by atoms with Crippen molar-refractivity contribution >= 4 is 34.3 Å². The van der Waals surface area contributed by atoms with Crippen molar-refractivity contribution in [2.75, 3.05) is 30.4 Å². The molecule has 1 aliphatic heterocycles. The first kappa shape index (κ1) is 21.0. The lowest BCUT2D eigenvalue weighted by atomic mass is 10.0. The molecule has 3 N–H and O–H groups in total. The van der Waals surface area contributed by atoms with Gasteiger partial charge in [-0.2, -0.15) is 0 Å². The number of hydrogen-bond donors (Lipinski definition) is 2. The molecular weight excluding hydrogens is 461 g/mol. The van der Waals surface area contributed by atoms with Gasteiger partial charge >= 0.3 is 0 Å². The van der Waals surface area contributed by atoms with Crippen LogP contribution < -0.4 is 16.0 Å². The third-order valence-corrected chi connectivity index (χ3v) is 8.40. The Morgan fingerprint density at radius 2 is 2.06 bits per heavy atom. The quantitative estimate of drug-likeness (QED) is 0.365. The second-order valence-electron chi connectivity index (χ2n) is 9.72. The molecule has 1 spiro atoms. The van der Waals surface area contributed by atoms with E-state index in [1.807, 2.05) is 31.4 Å². The van der Waals surface area contributed by atoms with E-state index in [1.165, 1.54) is 11.8 Å². The molecule has 1 saturated carbocycles. The number of benzene rings is 1. The fraction of sp³-hybridized carbons (Fsp3) is 0.308. The van der Waals surface area contributed by atoms with Gasteiger partial charge < -0.3 is 16.0 Å². The summed E-state index contributed by atoms with van der Waals surface area (Å²) in [6.07, 6.45) is 6.54. The van der Waals surface area contributed by atoms with Crippen LogP contribution in [-0.4, -0.2) is 46.1 Å². The molecule has 35 heavy (non-hydrogen) atoms. The first-order chi connectivity index (χ1) is 17.0. The Morgan fingerprint density at radius 3 is 2.86 bits per heavy atom. The summed E-state index contributed by atoms with van der Waals surface area (Å²) in [6, 6.07) is 9.13. The highest BCUT2D eigenvalue weighted by molar-refractivity contribution is 7.99. The van der Waals surface area contributed by atoms with E-state index in [-0.39, 0.29) is 17.3 Å². The molecule has 4 aromatic rings. The summed E-state index contributed by atoms with van der Waals surface area (Å²) in [7, 11) is 1.82. The maximum absolute atomic E-state index is 14.6. The summed E-state index contributed by atoms with van der Waals surface area (Å²) in [5.74, 6) is 0.590. The minimum absolute atomic E-state index is 0.126. The van der Waals surface area contributed by atoms with Crippen LogP contribution in [0.25, 0.3) is 22.2 Å². The third kappa shape index (κ3) is 3.36. The van der Waals surface area contributed by atoms with Crippen molar-refractivity contribution in [2.45, 2.75) is 35.4 Å². The van der Waals surface area contributed by atoms with E-state index >= 15 is 0 Å². The summed E-state index contributed by atoms with van der Waals surface area (Å²) in [4.78, 5) is 22.2. The summed E-state index contributed by atoms with van der Waals surface area (Å²) >= 11 is 1.48. The van der Waals surface area contributed by atoms with E-state index in [9.17, 15) is 4.39 Å². The largest absolute Gasteiger partial charge is 0.388 e. The maximum atomic E-state index is 14.6. The van der Waals surface area contributed by atoms with Crippen LogP contribution in [0.3, 0.4) is 0 Å². The zero-order valence-corrected chi connectivity index (χ0v) is 20.1. The molecule has 1 aromatic carbocycles. The molecule has 7 rings (SSSR count). The number of nitrogens with two attached hydrogens (primary N) is 1. The van der Waals surface area contributed by atoms with Gasteiger partial charge in [0.25, 0.3) is 0 Å². The van der Waals surface area contributed by atoms with Crippen molar-refractivity contribution in [3.63, 3.8) is 0 Å². The number of rotatable bonds is 4. The molecule has 7 nitrogen and oxygen atoms in total. The molecular formula is C26H24FN7S. The molecule has 3 aromatic heterocycles. The topological polar surface area (TPSA) is 92.8 Å². The number of nitrogens with zero attached hydrogens (tertiary/aromatic N) is 5. The van der Waals surface area contributed by atoms with Gasteiger partial charge in [-0.05, 0) is 66.1 Å². The summed E-state index contributed by atoms with van der Waals surface area (Å²) in [6.45, 7) is 1.63. The van der Waals surface area contributed by atoms with E-state index in [0.717, 1.165) is 75.7 Å². The average Bonchev–Trinajstić information content (AvgIpc) is 3.45. The highest BCUT2D eigenvalue weighted by Crippen LogP contribution is 2.54. The fourth-order valence-corrected chi connectivity index (χ4v) is 6.31. The highest BCUT2D eigenvalue weighted by atomic mass is 32.2. The van der Waals surface area contributed by atoms with Crippen LogP contribution in [0.1, 0.15) is 24.1 Å².